The number of nitrogens with zero attached hydrogens (tertiary/aromatic N) is 4. The molecule has 0 saturated heterocycles. The van der Waals surface area contributed by atoms with Crippen molar-refractivity contribution in [2.45, 2.75) is 17.8 Å². The van der Waals surface area contributed by atoms with Crippen LogP contribution in [0.25, 0.3) is 22.2 Å². The molecule has 0 fully saturated rings. The predicted octanol–water partition coefficient (Wildman–Crippen LogP) is 3.67. The van der Waals surface area contributed by atoms with Gasteiger partial charge in [0.25, 0.3) is 0 Å². The summed E-state index contributed by atoms with van der Waals surface area (Å²) in [4.78, 5) is 4.06. The zero-order valence-electron chi connectivity index (χ0n) is 17.2. The summed E-state index contributed by atoms with van der Waals surface area (Å²) < 4.78 is 13.0. The van der Waals surface area contributed by atoms with Gasteiger partial charge in [-0.2, -0.15) is 0 Å². The third-order valence-electron chi connectivity index (χ3n) is 4.74. The van der Waals surface area contributed by atoms with E-state index in [0.717, 1.165) is 33.1 Å². The summed E-state index contributed by atoms with van der Waals surface area (Å²) >= 11 is 1.45. The van der Waals surface area contributed by atoms with Gasteiger partial charge in [0.05, 0.1) is 19.3 Å². The van der Waals surface area contributed by atoms with E-state index in [2.05, 4.69) is 21.2 Å². The van der Waals surface area contributed by atoms with E-state index in [9.17, 15) is 5.11 Å². The van der Waals surface area contributed by atoms with Gasteiger partial charge in [0.1, 0.15) is 12.4 Å². The Labute approximate surface area is 185 Å². The monoisotopic (exact) mass is 436 g/mol. The maximum atomic E-state index is 10.4. The van der Waals surface area contributed by atoms with Gasteiger partial charge < -0.3 is 14.6 Å². The maximum absolute atomic E-state index is 10.4. The number of benzene rings is 2. The van der Waals surface area contributed by atoms with Gasteiger partial charge in [-0.3, -0.25) is 9.55 Å². The fraction of sp³-hybridized carbons (Fsp3) is 0.261. The first-order valence-electron chi connectivity index (χ1n) is 9.99. The summed E-state index contributed by atoms with van der Waals surface area (Å²) in [5.74, 6) is 1.93. The van der Waals surface area contributed by atoms with Crippen molar-refractivity contribution >= 4 is 22.5 Å². The third kappa shape index (κ3) is 5.41. The summed E-state index contributed by atoms with van der Waals surface area (Å²) in [6.07, 6.45) is 2.81. The molecular weight excluding hydrogens is 412 g/mol. The molecule has 31 heavy (non-hydrogen) atoms. The average molecular weight is 437 g/mol. The minimum Gasteiger partial charge on any atom is -0.491 e. The van der Waals surface area contributed by atoms with Crippen molar-refractivity contribution in [3.63, 3.8) is 0 Å². The first-order chi connectivity index (χ1) is 15.2. The van der Waals surface area contributed by atoms with E-state index in [0.29, 0.717) is 18.9 Å². The maximum Gasteiger partial charge on any atom is 0.191 e. The van der Waals surface area contributed by atoms with E-state index in [1.165, 1.54) is 11.8 Å². The van der Waals surface area contributed by atoms with Gasteiger partial charge in [0.2, 0.25) is 0 Å². The Morgan fingerprint density at radius 3 is 2.65 bits per heavy atom. The van der Waals surface area contributed by atoms with E-state index < -0.39 is 6.10 Å². The first kappa shape index (κ1) is 21.3. The van der Waals surface area contributed by atoms with Gasteiger partial charge in [-0.05, 0) is 35.0 Å². The summed E-state index contributed by atoms with van der Waals surface area (Å²) in [6, 6.07) is 17.8. The lowest BCUT2D eigenvalue weighted by molar-refractivity contribution is 0.126. The van der Waals surface area contributed by atoms with Gasteiger partial charge in [-0.25, -0.2) is 0 Å². The molecule has 2 aromatic heterocycles. The van der Waals surface area contributed by atoms with Crippen LogP contribution in [0.4, 0.5) is 0 Å². The lowest BCUT2D eigenvalue weighted by atomic mass is 10.1. The van der Waals surface area contributed by atoms with Crippen molar-refractivity contribution in [2.24, 2.45) is 0 Å². The minimum atomic E-state index is -0.645. The number of rotatable bonds is 10. The van der Waals surface area contributed by atoms with E-state index in [-0.39, 0.29) is 6.61 Å². The predicted molar refractivity (Wildman–Crippen MR) is 121 cm³/mol. The number of aliphatic hydroxyl groups is 1. The van der Waals surface area contributed by atoms with Crippen LogP contribution in [0.1, 0.15) is 0 Å². The van der Waals surface area contributed by atoms with Crippen LogP contribution in [0.5, 0.6) is 5.75 Å². The van der Waals surface area contributed by atoms with Crippen LogP contribution < -0.4 is 4.74 Å². The van der Waals surface area contributed by atoms with Crippen molar-refractivity contribution in [3.8, 4) is 17.1 Å². The van der Waals surface area contributed by atoms with Crippen LogP contribution in [0.15, 0.2) is 72.1 Å². The highest BCUT2D eigenvalue weighted by molar-refractivity contribution is 7.99. The summed E-state index contributed by atoms with van der Waals surface area (Å²) in [7, 11) is 1.66. The Kier molecular flexibility index (Phi) is 7.14. The molecule has 0 radical (unpaired) electrons. The molecule has 0 saturated carbocycles. The Morgan fingerprint density at radius 2 is 1.84 bits per heavy atom. The van der Waals surface area contributed by atoms with Crippen LogP contribution in [0, 0.1) is 0 Å². The second kappa shape index (κ2) is 10.4. The largest absolute Gasteiger partial charge is 0.491 e. The Bertz CT molecular complexity index is 1120. The number of hydrogen-bond donors (Lipinski definition) is 1. The normalized spacial score (nSPS) is 12.2. The molecule has 1 unspecified atom stereocenters. The number of ether oxygens (including phenoxy) is 2. The van der Waals surface area contributed by atoms with Crippen LogP contribution >= 0.6 is 11.8 Å². The number of thioether (sulfide) groups is 1. The molecule has 160 valence electrons. The smallest absolute Gasteiger partial charge is 0.191 e. The molecule has 0 aliphatic rings. The Balaban J connectivity index is 1.38. The molecule has 8 heteroatoms. The number of aliphatic hydroxyl groups excluding tert-OH is 1. The topological polar surface area (TPSA) is 82.3 Å². The summed E-state index contributed by atoms with van der Waals surface area (Å²) in [5.41, 5.74) is 0.936. The standard InChI is InChI=1S/C23H24N4O3S/c1-29-13-12-27-22(18-8-10-24-11-9-18)25-26-23(27)31-16-20(28)15-30-21-7-6-17-4-2-3-5-19(17)14-21/h2-11,14,20,28H,12-13,15-16H2,1H3. The van der Waals surface area contributed by atoms with Crippen LogP contribution in [-0.4, -0.2) is 57.0 Å². The molecule has 2 aromatic carbocycles. The van der Waals surface area contributed by atoms with Crippen molar-refractivity contribution in [1.29, 1.82) is 0 Å². The number of aromatic nitrogens is 4. The molecule has 2 heterocycles. The zero-order chi connectivity index (χ0) is 21.5. The highest BCUT2D eigenvalue weighted by Gasteiger charge is 2.16. The van der Waals surface area contributed by atoms with Crippen LogP contribution in [0.3, 0.4) is 0 Å². The van der Waals surface area contributed by atoms with E-state index in [1.54, 1.807) is 19.5 Å². The zero-order valence-corrected chi connectivity index (χ0v) is 18.0. The SMILES string of the molecule is COCCn1c(SCC(O)COc2ccc3ccccc3c2)nnc1-c1ccncc1. The van der Waals surface area contributed by atoms with Crippen molar-refractivity contribution in [1.82, 2.24) is 19.7 Å². The highest BCUT2D eigenvalue weighted by Crippen LogP contribution is 2.25. The first-order valence-corrected chi connectivity index (χ1v) is 11.0. The lowest BCUT2D eigenvalue weighted by Gasteiger charge is -2.13. The van der Waals surface area contributed by atoms with Crippen molar-refractivity contribution in [2.75, 3.05) is 26.1 Å². The quantitative estimate of drug-likeness (QED) is 0.380. The second-order valence-corrected chi connectivity index (χ2v) is 7.96. The summed E-state index contributed by atoms with van der Waals surface area (Å²) in [6.45, 7) is 1.36. The average Bonchev–Trinajstić information content (AvgIpc) is 3.23. The third-order valence-corrected chi connectivity index (χ3v) is 5.85. The molecule has 0 aliphatic carbocycles. The minimum absolute atomic E-state index is 0.203. The number of methoxy groups -OCH3 is 1. The Morgan fingerprint density at radius 1 is 1.03 bits per heavy atom. The van der Waals surface area contributed by atoms with E-state index in [1.807, 2.05) is 53.1 Å². The van der Waals surface area contributed by atoms with Gasteiger partial charge >= 0.3 is 0 Å². The van der Waals surface area contributed by atoms with Gasteiger partial charge in [-0.1, -0.05) is 42.1 Å². The molecule has 4 aromatic rings. The molecule has 1 atom stereocenters. The van der Waals surface area contributed by atoms with Crippen molar-refractivity contribution < 1.29 is 14.6 Å². The molecule has 0 bridgehead atoms. The fourth-order valence-corrected chi connectivity index (χ4v) is 4.03. The van der Waals surface area contributed by atoms with Gasteiger partial charge in [-0.15, -0.1) is 10.2 Å². The number of fused-ring (bicyclic) bond motifs is 1. The Hall–Kier alpha value is -2.94. The molecule has 7 nitrogen and oxygen atoms in total. The van der Waals surface area contributed by atoms with Gasteiger partial charge in [0.15, 0.2) is 11.0 Å². The molecule has 0 amide bonds. The second-order valence-electron chi connectivity index (χ2n) is 6.97. The molecule has 0 spiro atoms. The van der Waals surface area contributed by atoms with E-state index in [4.69, 9.17) is 9.47 Å². The van der Waals surface area contributed by atoms with Crippen LogP contribution in [0.2, 0.25) is 0 Å². The highest BCUT2D eigenvalue weighted by atomic mass is 32.2. The molecule has 1 N–H and O–H groups in total. The molecular formula is C23H24N4O3S. The van der Waals surface area contributed by atoms with Crippen LogP contribution in [-0.2, 0) is 11.3 Å². The number of hydrogen-bond acceptors (Lipinski definition) is 7. The van der Waals surface area contributed by atoms with E-state index >= 15 is 0 Å². The molecule has 4 rings (SSSR count). The van der Waals surface area contributed by atoms with Crippen molar-refractivity contribution in [3.05, 3.63) is 67.0 Å². The lowest BCUT2D eigenvalue weighted by Crippen LogP contribution is -2.20. The molecule has 0 aliphatic heterocycles. The van der Waals surface area contributed by atoms with Gasteiger partial charge in [0, 0.05) is 30.8 Å². The number of pyridine rings is 1. The summed E-state index contributed by atoms with van der Waals surface area (Å²) in [5, 5.41) is 22.1. The fourth-order valence-electron chi connectivity index (χ4n) is 3.16.